The number of nitrogens with zero attached hydrogens (tertiary/aromatic N) is 4. The van der Waals surface area contributed by atoms with Gasteiger partial charge in [0.05, 0.1) is 5.01 Å². The first kappa shape index (κ1) is 21.6. The van der Waals surface area contributed by atoms with Crippen LogP contribution in [-0.2, 0) is 4.79 Å². The van der Waals surface area contributed by atoms with Crippen LogP contribution in [0.5, 0.6) is 0 Å². The van der Waals surface area contributed by atoms with Gasteiger partial charge in [-0.05, 0) is 32.9 Å². The number of aliphatic imine (C=N–C) groups is 1. The third-order valence-electron chi connectivity index (χ3n) is 4.92. The number of likely N-dealkylation sites (N-methyl/N-ethyl adjacent to an activating group) is 2. The lowest BCUT2D eigenvalue weighted by Crippen LogP contribution is -2.46. The number of amides is 1. The molecule has 0 radical (unpaired) electrons. The highest BCUT2D eigenvalue weighted by atomic mass is 32.1. The van der Waals surface area contributed by atoms with Gasteiger partial charge in [-0.15, -0.1) is 11.3 Å². The first-order valence-electron chi connectivity index (χ1n) is 9.79. The normalized spacial score (nSPS) is 19.1. The fourth-order valence-electron chi connectivity index (χ4n) is 3.16. The summed E-state index contributed by atoms with van der Waals surface area (Å²) in [6.45, 7) is 10.4. The zero-order valence-corrected chi connectivity index (χ0v) is 18.1. The molecule has 1 aromatic heterocycles. The molecule has 2 atom stereocenters. The summed E-state index contributed by atoms with van der Waals surface area (Å²) in [6.07, 6.45) is 4.37. The molecule has 7 nitrogen and oxygen atoms in total. The molecule has 152 valence electrons. The van der Waals surface area contributed by atoms with Crippen LogP contribution in [-0.4, -0.2) is 79.5 Å². The predicted molar refractivity (Wildman–Crippen MR) is 113 cm³/mol. The summed E-state index contributed by atoms with van der Waals surface area (Å²) in [5.74, 6) is 0.989. The molecule has 1 aromatic rings. The molecular weight excluding hydrogens is 360 g/mol. The van der Waals surface area contributed by atoms with Crippen LogP contribution < -0.4 is 10.6 Å². The van der Waals surface area contributed by atoms with Crippen LogP contribution in [0.2, 0.25) is 0 Å². The molecule has 2 rings (SSSR count). The number of hydrogen-bond acceptors (Lipinski definition) is 5. The highest BCUT2D eigenvalue weighted by Crippen LogP contribution is 2.20. The maximum absolute atomic E-state index is 11.9. The van der Waals surface area contributed by atoms with Crippen LogP contribution in [0.4, 0.5) is 0 Å². The Kier molecular flexibility index (Phi) is 8.50. The minimum Gasteiger partial charge on any atom is -0.356 e. The number of carbonyl (C=O) groups excluding carboxylic acids is 1. The van der Waals surface area contributed by atoms with Gasteiger partial charge in [0.25, 0.3) is 0 Å². The van der Waals surface area contributed by atoms with E-state index in [2.05, 4.69) is 46.3 Å². The average Bonchev–Trinajstić information content (AvgIpc) is 3.28. The van der Waals surface area contributed by atoms with Crippen molar-refractivity contribution in [2.75, 3.05) is 46.8 Å². The first-order chi connectivity index (χ1) is 12.9. The lowest BCUT2D eigenvalue weighted by molar-refractivity contribution is -0.127. The largest absolute Gasteiger partial charge is 0.356 e. The van der Waals surface area contributed by atoms with Gasteiger partial charge in [0, 0.05) is 50.2 Å². The average molecular weight is 395 g/mol. The van der Waals surface area contributed by atoms with Crippen molar-refractivity contribution in [1.82, 2.24) is 25.4 Å². The Hall–Kier alpha value is -1.67. The van der Waals surface area contributed by atoms with Crippen molar-refractivity contribution < 1.29 is 4.79 Å². The van der Waals surface area contributed by atoms with Gasteiger partial charge in [-0.3, -0.25) is 9.69 Å². The number of guanidine groups is 1. The molecule has 1 amide bonds. The Bertz CT molecular complexity index is 629. The summed E-state index contributed by atoms with van der Waals surface area (Å²) in [6, 6.07) is 0.533. The molecule has 0 aliphatic carbocycles. The molecule has 1 saturated heterocycles. The SMILES string of the molecule is CCN1CCCC1CNC(=NCC(=O)N(C)C)NCC(C)c1ncc(C)s1. The second-order valence-electron chi connectivity index (χ2n) is 7.35. The minimum atomic E-state index is -0.00394. The van der Waals surface area contributed by atoms with Crippen LogP contribution in [0, 0.1) is 6.92 Å². The van der Waals surface area contributed by atoms with Gasteiger partial charge in [-0.2, -0.15) is 0 Å². The Morgan fingerprint density at radius 1 is 1.48 bits per heavy atom. The topological polar surface area (TPSA) is 72.9 Å². The van der Waals surface area contributed by atoms with E-state index < -0.39 is 0 Å². The number of aryl methyl sites for hydroxylation is 1. The number of likely N-dealkylation sites (tertiary alicyclic amines) is 1. The Morgan fingerprint density at radius 2 is 2.26 bits per heavy atom. The van der Waals surface area contributed by atoms with Gasteiger partial charge in [0.15, 0.2) is 5.96 Å². The third-order valence-corrected chi connectivity index (χ3v) is 6.06. The summed E-state index contributed by atoms with van der Waals surface area (Å²) in [5.41, 5.74) is 0. The summed E-state index contributed by atoms with van der Waals surface area (Å²) < 4.78 is 0. The second-order valence-corrected chi connectivity index (χ2v) is 8.62. The standard InChI is InChI=1S/C19H34N6OS/c1-6-25-9-7-8-16(25)12-22-19(23-13-17(26)24(4)5)21-10-14(2)18-20-11-15(3)27-18/h11,14,16H,6-10,12-13H2,1-5H3,(H2,21,22,23). The molecule has 1 aliphatic rings. The van der Waals surface area contributed by atoms with Gasteiger partial charge >= 0.3 is 0 Å². The van der Waals surface area contributed by atoms with Crippen LogP contribution in [0.15, 0.2) is 11.2 Å². The first-order valence-corrected chi connectivity index (χ1v) is 10.6. The van der Waals surface area contributed by atoms with E-state index in [-0.39, 0.29) is 12.5 Å². The van der Waals surface area contributed by atoms with Crippen LogP contribution >= 0.6 is 11.3 Å². The number of aromatic nitrogens is 1. The van der Waals surface area contributed by atoms with E-state index in [1.165, 1.54) is 24.3 Å². The summed E-state index contributed by atoms with van der Waals surface area (Å²) >= 11 is 1.73. The molecular formula is C19H34N6OS. The Balaban J connectivity index is 1.93. The van der Waals surface area contributed by atoms with Gasteiger partial charge in [0.1, 0.15) is 6.54 Å². The van der Waals surface area contributed by atoms with E-state index in [1.807, 2.05) is 6.20 Å². The molecule has 2 N–H and O–H groups in total. The van der Waals surface area contributed by atoms with Crippen molar-refractivity contribution >= 4 is 23.2 Å². The highest BCUT2D eigenvalue weighted by molar-refractivity contribution is 7.11. The Labute approximate surface area is 167 Å². The van der Waals surface area contributed by atoms with Crippen molar-refractivity contribution in [2.24, 2.45) is 4.99 Å². The molecule has 1 aliphatic heterocycles. The summed E-state index contributed by atoms with van der Waals surface area (Å²) in [7, 11) is 3.51. The second kappa shape index (κ2) is 10.6. The molecule has 0 saturated carbocycles. The molecule has 0 spiro atoms. The smallest absolute Gasteiger partial charge is 0.243 e. The molecule has 0 bridgehead atoms. The van der Waals surface area contributed by atoms with E-state index in [4.69, 9.17) is 0 Å². The van der Waals surface area contributed by atoms with E-state index >= 15 is 0 Å². The van der Waals surface area contributed by atoms with Gasteiger partial charge in [-0.25, -0.2) is 9.98 Å². The van der Waals surface area contributed by atoms with E-state index in [9.17, 15) is 4.79 Å². The monoisotopic (exact) mass is 394 g/mol. The van der Waals surface area contributed by atoms with E-state index in [0.29, 0.717) is 17.9 Å². The molecule has 8 heteroatoms. The van der Waals surface area contributed by atoms with Crippen molar-refractivity contribution in [3.63, 3.8) is 0 Å². The van der Waals surface area contributed by atoms with Gasteiger partial charge in [0.2, 0.25) is 5.91 Å². The zero-order chi connectivity index (χ0) is 19.8. The molecule has 27 heavy (non-hydrogen) atoms. The maximum atomic E-state index is 11.9. The Morgan fingerprint density at radius 3 is 2.89 bits per heavy atom. The van der Waals surface area contributed by atoms with E-state index in [1.54, 1.807) is 30.3 Å². The molecule has 2 heterocycles. The molecule has 1 fully saturated rings. The third kappa shape index (κ3) is 6.77. The summed E-state index contributed by atoms with van der Waals surface area (Å²) in [5, 5.41) is 7.96. The highest BCUT2D eigenvalue weighted by Gasteiger charge is 2.23. The lowest BCUT2D eigenvalue weighted by atomic mass is 10.2. The van der Waals surface area contributed by atoms with Crippen LogP contribution in [0.1, 0.15) is 42.5 Å². The van der Waals surface area contributed by atoms with Crippen LogP contribution in [0.3, 0.4) is 0 Å². The number of rotatable bonds is 8. The zero-order valence-electron chi connectivity index (χ0n) is 17.3. The number of carbonyl (C=O) groups is 1. The maximum Gasteiger partial charge on any atom is 0.243 e. The van der Waals surface area contributed by atoms with Gasteiger partial charge < -0.3 is 15.5 Å². The summed E-state index contributed by atoms with van der Waals surface area (Å²) in [4.78, 5) is 26.2. The van der Waals surface area contributed by atoms with Crippen molar-refractivity contribution in [1.29, 1.82) is 0 Å². The molecule has 0 aromatic carbocycles. The minimum absolute atomic E-state index is 0.00394. The quantitative estimate of drug-likeness (QED) is 0.518. The number of thiazole rings is 1. The number of nitrogens with one attached hydrogen (secondary N) is 2. The van der Waals surface area contributed by atoms with Crippen LogP contribution in [0.25, 0.3) is 0 Å². The fraction of sp³-hybridized carbons (Fsp3) is 0.737. The lowest BCUT2D eigenvalue weighted by Gasteiger charge is -2.24. The predicted octanol–water partition coefficient (Wildman–Crippen LogP) is 1.66. The van der Waals surface area contributed by atoms with Gasteiger partial charge in [-0.1, -0.05) is 13.8 Å². The van der Waals surface area contributed by atoms with Crippen molar-refractivity contribution in [3.8, 4) is 0 Å². The number of hydrogen-bond donors (Lipinski definition) is 2. The van der Waals surface area contributed by atoms with Crippen molar-refractivity contribution in [2.45, 2.75) is 45.6 Å². The van der Waals surface area contributed by atoms with E-state index in [0.717, 1.165) is 24.6 Å². The molecule has 2 unspecified atom stereocenters. The fourth-order valence-corrected chi connectivity index (χ4v) is 3.98. The van der Waals surface area contributed by atoms with Crippen molar-refractivity contribution in [3.05, 3.63) is 16.1 Å².